The van der Waals surface area contributed by atoms with E-state index in [0.29, 0.717) is 18.0 Å². The number of para-hydroxylation sites is 1. The molecule has 0 radical (unpaired) electrons. The SMILES string of the molecule is C[C@@]12CCC(=O)N1[C@H](C(=O)Nc1ccn(-c3ccccc3)n1)CS2. The number of nitrogens with one attached hydrogen (secondary N) is 1. The van der Waals surface area contributed by atoms with Crippen LogP contribution in [0.5, 0.6) is 0 Å². The van der Waals surface area contributed by atoms with Gasteiger partial charge in [-0.3, -0.25) is 9.59 Å². The zero-order valence-electron chi connectivity index (χ0n) is 13.3. The van der Waals surface area contributed by atoms with E-state index in [-0.39, 0.29) is 16.7 Å². The third kappa shape index (κ3) is 2.49. The molecule has 2 aliphatic heterocycles. The zero-order valence-corrected chi connectivity index (χ0v) is 14.1. The molecule has 0 saturated carbocycles. The molecule has 1 aromatic heterocycles. The van der Waals surface area contributed by atoms with Crippen molar-refractivity contribution in [2.75, 3.05) is 11.1 Å². The number of carbonyl (C=O) groups is 2. The van der Waals surface area contributed by atoms with Crippen molar-refractivity contribution in [1.82, 2.24) is 14.7 Å². The number of carbonyl (C=O) groups excluding carboxylic acids is 2. The van der Waals surface area contributed by atoms with Gasteiger partial charge in [0.1, 0.15) is 6.04 Å². The summed E-state index contributed by atoms with van der Waals surface area (Å²) in [4.78, 5) is 26.3. The monoisotopic (exact) mass is 342 g/mol. The summed E-state index contributed by atoms with van der Waals surface area (Å²) in [6.45, 7) is 2.04. The fourth-order valence-electron chi connectivity index (χ4n) is 3.34. The molecule has 3 heterocycles. The lowest BCUT2D eigenvalue weighted by Gasteiger charge is -2.29. The van der Waals surface area contributed by atoms with E-state index in [1.54, 1.807) is 33.6 Å². The Hall–Kier alpha value is -2.28. The van der Waals surface area contributed by atoms with Crippen molar-refractivity contribution < 1.29 is 9.59 Å². The number of nitrogens with zero attached hydrogens (tertiary/aromatic N) is 3. The lowest BCUT2D eigenvalue weighted by Crippen LogP contribution is -2.48. The Morgan fingerprint density at radius 1 is 1.33 bits per heavy atom. The van der Waals surface area contributed by atoms with Gasteiger partial charge in [-0.1, -0.05) is 18.2 Å². The van der Waals surface area contributed by atoms with Crippen molar-refractivity contribution in [3.63, 3.8) is 0 Å². The standard InChI is InChI=1S/C17H18N4O2S/c1-17-9-7-15(22)21(17)13(11-24-17)16(23)18-14-8-10-20(19-14)12-5-3-2-4-6-12/h2-6,8,10,13H,7,9,11H2,1H3,(H,18,19,23)/t13-,17+/m0/s1. The van der Waals surface area contributed by atoms with E-state index in [4.69, 9.17) is 0 Å². The van der Waals surface area contributed by atoms with Crippen LogP contribution in [-0.2, 0) is 9.59 Å². The predicted molar refractivity (Wildman–Crippen MR) is 92.9 cm³/mol. The van der Waals surface area contributed by atoms with E-state index in [1.165, 1.54) is 0 Å². The molecule has 0 unspecified atom stereocenters. The van der Waals surface area contributed by atoms with Gasteiger partial charge < -0.3 is 10.2 Å². The van der Waals surface area contributed by atoms with Gasteiger partial charge in [0.25, 0.3) is 0 Å². The quantitative estimate of drug-likeness (QED) is 0.929. The fraction of sp³-hybridized carbons (Fsp3) is 0.353. The highest BCUT2D eigenvalue weighted by Gasteiger charge is 2.52. The van der Waals surface area contributed by atoms with Gasteiger partial charge in [0, 0.05) is 24.4 Å². The summed E-state index contributed by atoms with van der Waals surface area (Å²) in [5.74, 6) is 1.03. The zero-order chi connectivity index (χ0) is 16.7. The van der Waals surface area contributed by atoms with E-state index in [0.717, 1.165) is 12.1 Å². The summed E-state index contributed by atoms with van der Waals surface area (Å²) in [6.07, 6.45) is 3.14. The minimum Gasteiger partial charge on any atom is -0.315 e. The van der Waals surface area contributed by atoms with E-state index < -0.39 is 6.04 Å². The third-order valence-corrected chi connectivity index (χ3v) is 6.11. The molecule has 124 valence electrons. The first kappa shape index (κ1) is 15.3. The first-order valence-electron chi connectivity index (χ1n) is 7.95. The van der Waals surface area contributed by atoms with Gasteiger partial charge in [-0.2, -0.15) is 5.10 Å². The lowest BCUT2D eigenvalue weighted by atomic mass is 10.2. The molecule has 2 aromatic rings. The van der Waals surface area contributed by atoms with Crippen LogP contribution < -0.4 is 5.32 Å². The Labute approximate surface area is 144 Å². The molecule has 0 aliphatic carbocycles. The highest BCUT2D eigenvalue weighted by atomic mass is 32.2. The van der Waals surface area contributed by atoms with Crippen LogP contribution in [0, 0.1) is 0 Å². The van der Waals surface area contributed by atoms with Crippen LogP contribution in [0.15, 0.2) is 42.6 Å². The fourth-order valence-corrected chi connectivity index (χ4v) is 4.77. The molecule has 6 nitrogen and oxygen atoms in total. The molecule has 0 bridgehead atoms. The van der Waals surface area contributed by atoms with Crippen LogP contribution >= 0.6 is 11.8 Å². The minimum atomic E-state index is -0.420. The van der Waals surface area contributed by atoms with Crippen LogP contribution in [0.2, 0.25) is 0 Å². The number of hydrogen-bond donors (Lipinski definition) is 1. The van der Waals surface area contributed by atoms with Crippen molar-refractivity contribution in [3.8, 4) is 5.69 Å². The predicted octanol–water partition coefficient (Wildman–Crippen LogP) is 2.26. The molecule has 1 N–H and O–H groups in total. The maximum atomic E-state index is 12.6. The lowest BCUT2D eigenvalue weighted by molar-refractivity contribution is -0.135. The number of anilines is 1. The Morgan fingerprint density at radius 2 is 2.12 bits per heavy atom. The average Bonchev–Trinajstić information content (AvgIpc) is 3.25. The number of aromatic nitrogens is 2. The minimum absolute atomic E-state index is 0.0671. The summed E-state index contributed by atoms with van der Waals surface area (Å²) in [5, 5.41) is 7.23. The van der Waals surface area contributed by atoms with Gasteiger partial charge in [-0.25, -0.2) is 4.68 Å². The smallest absolute Gasteiger partial charge is 0.249 e. The summed E-state index contributed by atoms with van der Waals surface area (Å²) in [5.41, 5.74) is 0.928. The normalized spacial score (nSPS) is 25.8. The molecule has 2 saturated heterocycles. The van der Waals surface area contributed by atoms with Gasteiger partial charge in [0.2, 0.25) is 11.8 Å². The number of amides is 2. The van der Waals surface area contributed by atoms with Gasteiger partial charge in [-0.05, 0) is 25.5 Å². The van der Waals surface area contributed by atoms with Gasteiger partial charge >= 0.3 is 0 Å². The van der Waals surface area contributed by atoms with E-state index in [2.05, 4.69) is 10.4 Å². The van der Waals surface area contributed by atoms with Crippen molar-refractivity contribution in [2.24, 2.45) is 0 Å². The average molecular weight is 342 g/mol. The first-order valence-corrected chi connectivity index (χ1v) is 8.93. The van der Waals surface area contributed by atoms with E-state index in [1.807, 2.05) is 37.3 Å². The molecule has 4 rings (SSSR count). The molecule has 0 spiro atoms. The van der Waals surface area contributed by atoms with Crippen molar-refractivity contribution in [2.45, 2.75) is 30.7 Å². The molecular formula is C17H18N4O2S. The molecule has 24 heavy (non-hydrogen) atoms. The maximum absolute atomic E-state index is 12.6. The summed E-state index contributed by atoms with van der Waals surface area (Å²) >= 11 is 1.69. The van der Waals surface area contributed by atoms with Crippen molar-refractivity contribution in [3.05, 3.63) is 42.6 Å². The van der Waals surface area contributed by atoms with E-state index in [9.17, 15) is 9.59 Å². The number of fused-ring (bicyclic) bond motifs is 1. The first-order chi connectivity index (χ1) is 11.6. The Kier molecular flexibility index (Phi) is 3.60. The summed E-state index contributed by atoms with van der Waals surface area (Å²) in [6, 6.07) is 11.0. The summed E-state index contributed by atoms with van der Waals surface area (Å²) in [7, 11) is 0. The van der Waals surface area contributed by atoms with Gasteiger partial charge in [0.15, 0.2) is 5.82 Å². The largest absolute Gasteiger partial charge is 0.315 e. The van der Waals surface area contributed by atoms with Crippen LogP contribution in [-0.4, -0.2) is 43.2 Å². The summed E-state index contributed by atoms with van der Waals surface area (Å²) < 4.78 is 1.71. The van der Waals surface area contributed by atoms with Crippen molar-refractivity contribution >= 4 is 29.4 Å². The number of benzene rings is 1. The second-order valence-electron chi connectivity index (χ2n) is 6.24. The number of thioether (sulfide) groups is 1. The molecular weight excluding hydrogens is 324 g/mol. The highest BCUT2D eigenvalue weighted by molar-refractivity contribution is 8.01. The second kappa shape index (κ2) is 5.66. The van der Waals surface area contributed by atoms with Crippen LogP contribution in [0.1, 0.15) is 19.8 Å². The van der Waals surface area contributed by atoms with Crippen LogP contribution in [0.4, 0.5) is 5.82 Å². The molecule has 7 heteroatoms. The second-order valence-corrected chi connectivity index (χ2v) is 7.74. The number of rotatable bonds is 3. The van der Waals surface area contributed by atoms with Gasteiger partial charge in [0.05, 0.1) is 10.6 Å². The Morgan fingerprint density at radius 3 is 2.92 bits per heavy atom. The Balaban J connectivity index is 1.49. The topological polar surface area (TPSA) is 67.2 Å². The third-order valence-electron chi connectivity index (χ3n) is 4.61. The molecule has 1 aromatic carbocycles. The van der Waals surface area contributed by atoms with Gasteiger partial charge in [-0.15, -0.1) is 11.8 Å². The van der Waals surface area contributed by atoms with E-state index >= 15 is 0 Å². The van der Waals surface area contributed by atoms with Crippen molar-refractivity contribution in [1.29, 1.82) is 0 Å². The molecule has 2 aliphatic rings. The highest BCUT2D eigenvalue weighted by Crippen LogP contribution is 2.47. The number of hydrogen-bond acceptors (Lipinski definition) is 4. The van der Waals surface area contributed by atoms with Crippen LogP contribution in [0.25, 0.3) is 5.69 Å². The molecule has 2 amide bonds. The molecule has 2 fully saturated rings. The maximum Gasteiger partial charge on any atom is 0.249 e. The Bertz CT molecular complexity index is 791. The molecule has 2 atom stereocenters. The van der Waals surface area contributed by atoms with Crippen LogP contribution in [0.3, 0.4) is 0 Å².